The zero-order valence-corrected chi connectivity index (χ0v) is 22.3. The average Bonchev–Trinajstić information content (AvgIpc) is 2.94. The Morgan fingerprint density at radius 2 is 1.55 bits per heavy atom. The fourth-order valence-corrected chi connectivity index (χ4v) is 4.50. The zero-order valence-electron chi connectivity index (χ0n) is 19.9. The third-order valence-electron chi connectivity index (χ3n) is 4.55. The molecule has 0 radical (unpaired) electrons. The largest absolute Gasteiger partial charge is 0.506 e. The van der Waals surface area contributed by atoms with E-state index in [0.29, 0.717) is 46.6 Å². The van der Waals surface area contributed by atoms with Crippen LogP contribution in [0.2, 0.25) is 0 Å². The summed E-state index contributed by atoms with van der Waals surface area (Å²) in [6.07, 6.45) is 0. The monoisotopic (exact) mass is 614 g/mol. The van der Waals surface area contributed by atoms with Gasteiger partial charge in [0.05, 0.1) is 46.7 Å². The van der Waals surface area contributed by atoms with Gasteiger partial charge in [0.2, 0.25) is 5.84 Å². The fourth-order valence-electron chi connectivity index (χ4n) is 2.95. The summed E-state index contributed by atoms with van der Waals surface area (Å²) in [6, 6.07) is 13.8. The Morgan fingerprint density at radius 3 is 2.23 bits per heavy atom. The molecule has 0 heterocycles. The fraction of sp³-hybridized carbons (Fsp3) is 0.0476. The van der Waals surface area contributed by atoms with Crippen LogP contribution in [0.1, 0.15) is 21.5 Å². The summed E-state index contributed by atoms with van der Waals surface area (Å²) >= 11 is 1.44. The molecule has 0 unspecified atom stereocenters. The molecule has 0 aliphatic rings. The number of hydrogen-bond acceptors (Lipinski definition) is 17. The molecular formula is C21H18N4O12S3. The number of carboxylic acids is 1. The van der Waals surface area contributed by atoms with Crippen LogP contribution in [0, 0.1) is 6.92 Å². The first-order valence-electron chi connectivity index (χ1n) is 10.4. The molecule has 3 aromatic carbocycles. The Balaban J connectivity index is 2.13. The molecule has 0 aliphatic heterocycles. The lowest BCUT2D eigenvalue weighted by Crippen LogP contribution is -2.04. The lowest BCUT2D eigenvalue weighted by molar-refractivity contribution is -0.432. The summed E-state index contributed by atoms with van der Waals surface area (Å²) in [6.45, 7) is 1.79. The van der Waals surface area contributed by atoms with Gasteiger partial charge in [-0.25, -0.2) is 20.6 Å². The molecule has 0 spiro atoms. The van der Waals surface area contributed by atoms with E-state index < -0.39 is 11.5 Å². The Labute approximate surface area is 237 Å². The molecule has 19 heteroatoms. The second-order valence-corrected chi connectivity index (χ2v) is 9.32. The van der Waals surface area contributed by atoms with Crippen molar-refractivity contribution >= 4 is 59.3 Å². The highest BCUT2D eigenvalue weighted by Crippen LogP contribution is 2.37. The predicted molar refractivity (Wildman–Crippen MR) is 139 cm³/mol. The van der Waals surface area contributed by atoms with E-state index in [1.807, 2.05) is 0 Å². The number of aromatic carboxylic acids is 1. The van der Waals surface area contributed by atoms with E-state index in [1.165, 1.54) is 18.2 Å². The highest BCUT2D eigenvalue weighted by molar-refractivity contribution is 7.95. The van der Waals surface area contributed by atoms with Gasteiger partial charge in [0.1, 0.15) is 17.0 Å². The number of carbonyl (C=O) groups is 1. The number of amidine groups is 1. The molecule has 0 saturated heterocycles. The molecule has 212 valence electrons. The van der Waals surface area contributed by atoms with E-state index in [1.54, 1.807) is 43.3 Å². The number of hydrazone groups is 1. The van der Waals surface area contributed by atoms with Crippen LogP contribution in [0.3, 0.4) is 0 Å². The second kappa shape index (κ2) is 16.1. The molecule has 0 atom stereocenters. The van der Waals surface area contributed by atoms with Crippen LogP contribution in [0.4, 0.5) is 11.4 Å². The number of anilines is 1. The predicted octanol–water partition coefficient (Wildman–Crippen LogP) is 6.24. The highest BCUT2D eigenvalue weighted by Gasteiger charge is 2.21. The van der Waals surface area contributed by atoms with E-state index in [9.17, 15) is 15.0 Å². The van der Waals surface area contributed by atoms with E-state index in [0.717, 1.165) is 5.56 Å². The number of rotatable bonds is 14. The van der Waals surface area contributed by atoms with Crippen LogP contribution in [0.25, 0.3) is 0 Å². The van der Waals surface area contributed by atoms with Crippen molar-refractivity contribution in [1.82, 2.24) is 0 Å². The lowest BCUT2D eigenvalue weighted by atomic mass is 10.2. The smallest absolute Gasteiger partial charge is 0.339 e. The molecule has 6 N–H and O–H groups in total. The van der Waals surface area contributed by atoms with Gasteiger partial charge in [-0.2, -0.15) is 5.10 Å². The van der Waals surface area contributed by atoms with Gasteiger partial charge in [-0.1, -0.05) is 33.3 Å². The number of phenols is 1. The molecule has 0 aliphatic carbocycles. The van der Waals surface area contributed by atoms with Crippen molar-refractivity contribution in [3.8, 4) is 5.75 Å². The quantitative estimate of drug-likeness (QED) is 0.0225. The van der Waals surface area contributed by atoms with E-state index in [-0.39, 0.29) is 32.8 Å². The molecule has 0 bridgehead atoms. The Hall–Kier alpha value is -3.31. The summed E-state index contributed by atoms with van der Waals surface area (Å²) in [5.41, 5.74) is 3.34. The summed E-state index contributed by atoms with van der Waals surface area (Å²) in [7, 11) is 0. The van der Waals surface area contributed by atoms with Crippen molar-refractivity contribution in [1.29, 1.82) is 0 Å². The first-order chi connectivity index (χ1) is 19.4. The number of aromatic hydroxyl groups is 1. The second-order valence-electron chi connectivity index (χ2n) is 7.06. The topological polar surface area (TPSA) is 223 Å². The third-order valence-corrected chi connectivity index (χ3v) is 6.41. The van der Waals surface area contributed by atoms with Crippen LogP contribution < -0.4 is 5.43 Å². The first-order valence-corrected chi connectivity index (χ1v) is 12.6. The molecule has 3 rings (SSSR count). The number of hydrogen-bond donors (Lipinski definition) is 6. The van der Waals surface area contributed by atoms with E-state index >= 15 is 0 Å². The minimum atomic E-state index is -1.44. The lowest BCUT2D eigenvalue weighted by Gasteiger charge is -2.10. The molecule has 3 aromatic rings. The van der Waals surface area contributed by atoms with Gasteiger partial charge in [-0.05, 0) is 48.9 Å². The third kappa shape index (κ3) is 8.85. The van der Waals surface area contributed by atoms with Crippen molar-refractivity contribution < 1.29 is 58.9 Å². The molecule has 0 amide bonds. The Kier molecular flexibility index (Phi) is 12.5. The number of aryl methyl sites for hydroxylation is 1. The molecule has 0 fully saturated rings. The van der Waals surface area contributed by atoms with E-state index in [4.69, 9.17) is 15.8 Å². The molecule has 16 nitrogen and oxygen atoms in total. The van der Waals surface area contributed by atoms with Gasteiger partial charge >= 0.3 is 5.97 Å². The number of carboxylic acid groups (broad SMARTS) is 1. The van der Waals surface area contributed by atoms with Crippen molar-refractivity contribution in [2.75, 3.05) is 5.43 Å². The molecule has 0 saturated carbocycles. The number of azo groups is 1. The van der Waals surface area contributed by atoms with Gasteiger partial charge in [0.15, 0.2) is 0 Å². The standard InChI is InChI=1S/C21H18N4O12S3/c1-11-6-7-14(16(26)8-11)22-24-20(13-4-2-3-5-17(13)39-36-33-30)25-23-15-9-12(38-35-32-29)10-18(40-37-34-31)19(15)21(27)28/h2-10,22,26,29-31H,1H3,(H,27,28)/b24-20-,25-23?. The van der Waals surface area contributed by atoms with Gasteiger partial charge in [0, 0.05) is 15.4 Å². The van der Waals surface area contributed by atoms with Crippen LogP contribution in [-0.4, -0.2) is 37.8 Å². The summed E-state index contributed by atoms with van der Waals surface area (Å²) in [5.74, 6) is -1.67. The van der Waals surface area contributed by atoms with Crippen molar-refractivity contribution in [3.63, 3.8) is 0 Å². The zero-order chi connectivity index (χ0) is 28.9. The number of benzene rings is 3. The average molecular weight is 615 g/mol. The minimum Gasteiger partial charge on any atom is -0.506 e. The minimum absolute atomic E-state index is 0.100. The van der Waals surface area contributed by atoms with Gasteiger partial charge in [-0.15, -0.1) is 23.2 Å². The van der Waals surface area contributed by atoms with Crippen LogP contribution in [0.15, 0.2) is 84.6 Å². The molecule has 0 aromatic heterocycles. The highest BCUT2D eigenvalue weighted by atomic mass is 32.2. The van der Waals surface area contributed by atoms with Crippen LogP contribution >= 0.6 is 36.1 Å². The Morgan fingerprint density at radius 1 is 0.875 bits per heavy atom. The van der Waals surface area contributed by atoms with Gasteiger partial charge in [0.25, 0.3) is 0 Å². The Bertz CT molecular complexity index is 1380. The van der Waals surface area contributed by atoms with Crippen LogP contribution in [0.5, 0.6) is 5.75 Å². The maximum atomic E-state index is 12.1. The summed E-state index contributed by atoms with van der Waals surface area (Å²) in [5, 5.41) is 68.9. The van der Waals surface area contributed by atoms with Crippen molar-refractivity contribution in [3.05, 3.63) is 71.3 Å². The van der Waals surface area contributed by atoms with Crippen molar-refractivity contribution in [2.24, 2.45) is 15.3 Å². The normalized spacial score (nSPS) is 11.8. The first kappa shape index (κ1) is 31.2. The molecular weight excluding hydrogens is 596 g/mol. The van der Waals surface area contributed by atoms with E-state index in [2.05, 4.69) is 48.9 Å². The van der Waals surface area contributed by atoms with Gasteiger partial charge < -0.3 is 10.2 Å². The van der Waals surface area contributed by atoms with Crippen LogP contribution in [-0.2, 0) is 28.1 Å². The number of phenolic OH excluding ortho intramolecular Hbond substituents is 1. The summed E-state index contributed by atoms with van der Waals surface area (Å²) < 4.78 is 13.3. The van der Waals surface area contributed by atoms with Gasteiger partial charge in [-0.3, -0.25) is 5.43 Å². The molecule has 40 heavy (non-hydrogen) atoms. The maximum absolute atomic E-state index is 12.1. The maximum Gasteiger partial charge on any atom is 0.339 e. The number of nitrogens with one attached hydrogen (secondary N) is 1. The summed E-state index contributed by atoms with van der Waals surface area (Å²) in [4.78, 5) is 12.5. The number of nitrogens with zero attached hydrogens (tertiary/aromatic N) is 3. The SMILES string of the molecule is Cc1ccc(N/N=C(\N=Nc2cc(SOOO)cc(SOOO)c2C(=O)O)c2ccccc2SOOO)c(O)c1. The van der Waals surface area contributed by atoms with Crippen molar-refractivity contribution in [2.45, 2.75) is 21.6 Å².